The van der Waals surface area contributed by atoms with Gasteiger partial charge in [-0.2, -0.15) is 0 Å². The van der Waals surface area contributed by atoms with E-state index in [1.807, 2.05) is 0 Å². The Morgan fingerprint density at radius 1 is 1.00 bits per heavy atom. The lowest BCUT2D eigenvalue weighted by Gasteiger charge is -2.07. The van der Waals surface area contributed by atoms with E-state index in [9.17, 15) is 23.2 Å². The third-order valence-corrected chi connectivity index (χ3v) is 3.92. The molecule has 0 saturated carbocycles. The second-order valence-corrected chi connectivity index (χ2v) is 6.60. The molecule has 0 aromatic heterocycles. The third-order valence-electron chi connectivity index (χ3n) is 3.92. The third kappa shape index (κ3) is 10.3. The first-order chi connectivity index (χ1) is 14.7. The number of hydrogen-bond acceptors (Lipinski definition) is 5. The quantitative estimate of drug-likeness (QED) is 0.495. The summed E-state index contributed by atoms with van der Waals surface area (Å²) in [6, 6.07) is 9.89. The summed E-state index contributed by atoms with van der Waals surface area (Å²) in [7, 11) is 0. The monoisotopic (exact) mass is 435 g/mol. The van der Waals surface area contributed by atoms with Gasteiger partial charge in [0.25, 0.3) is 0 Å². The van der Waals surface area contributed by atoms with Crippen LogP contribution in [-0.4, -0.2) is 30.7 Å². The first kappa shape index (κ1) is 25.7. The maximum absolute atomic E-state index is 13.2. The number of nitrogens with one attached hydrogen (secondary N) is 1. The van der Waals surface area contributed by atoms with Crippen molar-refractivity contribution in [3.05, 3.63) is 59.7 Å². The lowest BCUT2D eigenvalue weighted by atomic mass is 10.1. The number of ether oxygens (including phenoxy) is 1. The van der Waals surface area contributed by atoms with Gasteiger partial charge in [-0.1, -0.05) is 18.6 Å². The highest BCUT2D eigenvalue weighted by atomic mass is 19.1. The largest absolute Gasteiger partial charge is 0.480 e. The fourth-order valence-electron chi connectivity index (χ4n) is 2.44. The van der Waals surface area contributed by atoms with Gasteiger partial charge < -0.3 is 21.5 Å². The molecule has 0 aliphatic heterocycles. The predicted molar refractivity (Wildman–Crippen MR) is 114 cm³/mol. The number of rotatable bonds is 10. The number of amides is 2. The summed E-state index contributed by atoms with van der Waals surface area (Å²) in [6.07, 6.45) is 2.81. The Hall–Kier alpha value is -3.33. The number of carbonyl (C=O) groups is 3. The van der Waals surface area contributed by atoms with E-state index in [1.54, 1.807) is 18.2 Å². The van der Waals surface area contributed by atoms with Gasteiger partial charge in [-0.15, -0.1) is 0 Å². The van der Waals surface area contributed by atoms with Crippen LogP contribution in [0.2, 0.25) is 0 Å². The Labute approximate surface area is 179 Å². The first-order valence-corrected chi connectivity index (χ1v) is 9.70. The molecule has 168 valence electrons. The maximum atomic E-state index is 13.2. The number of para-hydroxylation sites is 1. The highest BCUT2D eigenvalue weighted by Crippen LogP contribution is 2.20. The van der Waals surface area contributed by atoms with E-state index in [-0.39, 0.29) is 18.3 Å². The van der Waals surface area contributed by atoms with E-state index in [4.69, 9.17) is 16.2 Å². The van der Waals surface area contributed by atoms with Gasteiger partial charge in [0.05, 0.1) is 0 Å². The van der Waals surface area contributed by atoms with Gasteiger partial charge in [-0.25, -0.2) is 8.78 Å². The van der Waals surface area contributed by atoms with Crippen molar-refractivity contribution in [1.82, 2.24) is 0 Å². The zero-order valence-electron chi connectivity index (χ0n) is 17.3. The Morgan fingerprint density at radius 3 is 2.23 bits per heavy atom. The van der Waals surface area contributed by atoms with E-state index in [2.05, 4.69) is 5.32 Å². The molecule has 7 nitrogen and oxygen atoms in total. The van der Waals surface area contributed by atoms with Crippen LogP contribution in [0.15, 0.2) is 42.5 Å². The predicted octanol–water partition coefficient (Wildman–Crippen LogP) is 3.18. The second-order valence-electron chi connectivity index (χ2n) is 6.60. The summed E-state index contributed by atoms with van der Waals surface area (Å²) in [4.78, 5) is 32.8. The fraction of sp³-hybridized carbons (Fsp3) is 0.318. The average Bonchev–Trinajstić information content (AvgIpc) is 2.71. The van der Waals surface area contributed by atoms with E-state index >= 15 is 0 Å². The molecular weight excluding hydrogens is 408 g/mol. The van der Waals surface area contributed by atoms with Gasteiger partial charge >= 0.3 is 0 Å². The highest BCUT2D eigenvalue weighted by Gasteiger charge is 2.11. The second kappa shape index (κ2) is 13.8. The summed E-state index contributed by atoms with van der Waals surface area (Å²) in [5.41, 5.74) is 11.3. The van der Waals surface area contributed by atoms with E-state index < -0.39 is 23.3 Å². The van der Waals surface area contributed by atoms with Crippen LogP contribution < -0.4 is 21.5 Å². The molecule has 0 saturated heterocycles. The standard InChI is InChI=1S/C13H17F2NO2.C9H10N2O2/c14-11-6-4-7-12(15)13(11)18-9-10(17)5-2-1-3-8-16;1-6(12)11-8-4-2-3-7(5-8)9(10)13/h4,6-7H,1-3,5,8-9,16H2;2-5H,1H3,(H2,10,13)(H,11,12). The smallest absolute Gasteiger partial charge is 0.248 e. The van der Waals surface area contributed by atoms with Crippen LogP contribution >= 0.6 is 0 Å². The van der Waals surface area contributed by atoms with Crippen molar-refractivity contribution in [2.24, 2.45) is 11.5 Å². The summed E-state index contributed by atoms with van der Waals surface area (Å²) in [5, 5.41) is 2.55. The molecule has 0 fully saturated rings. The Balaban J connectivity index is 0.000000327. The van der Waals surface area contributed by atoms with Crippen molar-refractivity contribution < 1.29 is 27.9 Å². The SMILES string of the molecule is CC(=O)Nc1cccc(C(N)=O)c1.NCCCCCC(=O)COc1c(F)cccc1F. The number of Topliss-reactive ketones (excluding diaryl/α,β-unsaturated/α-hetero) is 1. The van der Waals surface area contributed by atoms with Crippen LogP contribution in [0.5, 0.6) is 5.75 Å². The van der Waals surface area contributed by atoms with Gasteiger partial charge in [-0.3, -0.25) is 14.4 Å². The minimum atomic E-state index is -0.800. The first-order valence-electron chi connectivity index (χ1n) is 9.70. The van der Waals surface area contributed by atoms with E-state index in [0.717, 1.165) is 31.4 Å². The van der Waals surface area contributed by atoms with Crippen LogP contribution in [0.4, 0.5) is 14.5 Å². The number of hydrogen-bond donors (Lipinski definition) is 3. The molecule has 9 heteroatoms. The van der Waals surface area contributed by atoms with Gasteiger partial charge in [0.2, 0.25) is 11.8 Å². The molecule has 0 heterocycles. The van der Waals surface area contributed by atoms with E-state index in [0.29, 0.717) is 24.2 Å². The number of ketones is 1. The zero-order valence-corrected chi connectivity index (χ0v) is 17.3. The molecule has 2 aromatic carbocycles. The van der Waals surface area contributed by atoms with Gasteiger partial charge in [0.15, 0.2) is 23.2 Å². The average molecular weight is 435 g/mol. The molecule has 5 N–H and O–H groups in total. The zero-order chi connectivity index (χ0) is 23.2. The van der Waals surface area contributed by atoms with Gasteiger partial charge in [0.1, 0.15) is 6.61 Å². The molecule has 0 unspecified atom stereocenters. The number of primary amides is 1. The summed E-state index contributed by atoms with van der Waals surface area (Å²) < 4.78 is 31.2. The maximum Gasteiger partial charge on any atom is 0.248 e. The Kier molecular flexibility index (Phi) is 11.5. The fourth-order valence-corrected chi connectivity index (χ4v) is 2.44. The van der Waals surface area contributed by atoms with Crippen molar-refractivity contribution in [1.29, 1.82) is 0 Å². The number of nitrogens with two attached hydrogens (primary N) is 2. The van der Waals surface area contributed by atoms with Crippen LogP contribution in [0.1, 0.15) is 43.0 Å². The van der Waals surface area contributed by atoms with E-state index in [1.165, 1.54) is 19.1 Å². The van der Waals surface area contributed by atoms with Crippen LogP contribution in [0.25, 0.3) is 0 Å². The molecule has 2 aromatic rings. The number of benzene rings is 2. The Bertz CT molecular complexity index is 871. The van der Waals surface area contributed by atoms with Crippen LogP contribution in [-0.2, 0) is 9.59 Å². The van der Waals surface area contributed by atoms with Gasteiger partial charge in [-0.05, 0) is 49.7 Å². The van der Waals surface area contributed by atoms with Crippen molar-refractivity contribution in [2.75, 3.05) is 18.5 Å². The molecule has 31 heavy (non-hydrogen) atoms. The van der Waals surface area contributed by atoms with Crippen molar-refractivity contribution in [2.45, 2.75) is 32.6 Å². The molecule has 0 radical (unpaired) electrons. The van der Waals surface area contributed by atoms with Crippen molar-refractivity contribution >= 4 is 23.3 Å². The molecular formula is C22H27F2N3O4. The van der Waals surface area contributed by atoms with Crippen LogP contribution in [0, 0.1) is 11.6 Å². The minimum Gasteiger partial charge on any atom is -0.480 e. The number of halogens is 2. The normalized spacial score (nSPS) is 9.94. The number of carbonyl (C=O) groups excluding carboxylic acids is 3. The Morgan fingerprint density at radius 2 is 1.65 bits per heavy atom. The summed E-state index contributed by atoms with van der Waals surface area (Å²) >= 11 is 0. The number of unbranched alkanes of at least 4 members (excludes halogenated alkanes) is 2. The molecule has 2 rings (SSSR count). The van der Waals surface area contributed by atoms with Crippen molar-refractivity contribution in [3.8, 4) is 5.75 Å². The molecule has 0 aliphatic rings. The van der Waals surface area contributed by atoms with Crippen molar-refractivity contribution in [3.63, 3.8) is 0 Å². The summed E-state index contributed by atoms with van der Waals surface area (Å²) in [5.74, 6) is -2.95. The molecule has 0 atom stereocenters. The molecule has 0 bridgehead atoms. The topological polar surface area (TPSA) is 125 Å². The molecule has 0 spiro atoms. The lowest BCUT2D eigenvalue weighted by Crippen LogP contribution is -2.12. The molecule has 2 amide bonds. The highest BCUT2D eigenvalue weighted by molar-refractivity contribution is 5.95. The van der Waals surface area contributed by atoms with Crippen LogP contribution in [0.3, 0.4) is 0 Å². The molecule has 0 aliphatic carbocycles. The lowest BCUT2D eigenvalue weighted by molar-refractivity contribution is -0.121. The van der Waals surface area contributed by atoms with Gasteiger partial charge in [0, 0.05) is 24.6 Å². The number of anilines is 1. The summed E-state index contributed by atoms with van der Waals surface area (Å²) in [6.45, 7) is 1.70. The minimum absolute atomic E-state index is 0.172.